The first-order valence-corrected chi connectivity index (χ1v) is 10.6. The molecule has 1 aliphatic carbocycles. The lowest BCUT2D eigenvalue weighted by molar-refractivity contribution is -0.228. The van der Waals surface area contributed by atoms with Crippen molar-refractivity contribution in [3.63, 3.8) is 0 Å². The summed E-state index contributed by atoms with van der Waals surface area (Å²) in [7, 11) is 0. The molecule has 1 rings (SSSR count). The highest BCUT2D eigenvalue weighted by Crippen LogP contribution is 2.43. The van der Waals surface area contributed by atoms with Gasteiger partial charge in [0.15, 0.2) is 5.78 Å². The first-order valence-electron chi connectivity index (χ1n) is 10.6. The zero-order valence-electron chi connectivity index (χ0n) is 17.6. The van der Waals surface area contributed by atoms with E-state index < -0.39 is 42.4 Å². The third-order valence-corrected chi connectivity index (χ3v) is 5.97. The minimum Gasteiger partial charge on any atom is -0.481 e. The number of hydrogen-bond donors (Lipinski definition) is 1. The smallest absolute Gasteiger partial charge is 0.429 e. The lowest BCUT2D eigenvalue weighted by Crippen LogP contribution is -2.48. The fourth-order valence-electron chi connectivity index (χ4n) is 4.13. The molecule has 0 amide bonds. The maximum absolute atomic E-state index is 14.6. The Kier molecular flexibility index (Phi) is 10.2. The SMILES string of the molecule is CCCC[C@@](F)(C(=O)CC[C@H]1[C@H](C)CC(=O)[C@@H]1CC=CCCCC(=O)O)C(F)(F)F. The summed E-state index contributed by atoms with van der Waals surface area (Å²) in [6.45, 7) is 3.46. The molecule has 4 nitrogen and oxygen atoms in total. The number of carbonyl (C=O) groups is 3. The second-order valence-electron chi connectivity index (χ2n) is 8.28. The Morgan fingerprint density at radius 1 is 1.13 bits per heavy atom. The van der Waals surface area contributed by atoms with Gasteiger partial charge < -0.3 is 5.11 Å². The van der Waals surface area contributed by atoms with Gasteiger partial charge in [0.05, 0.1) is 0 Å². The van der Waals surface area contributed by atoms with Crippen molar-refractivity contribution in [2.75, 3.05) is 0 Å². The van der Waals surface area contributed by atoms with E-state index in [1.807, 2.05) is 6.92 Å². The number of hydrogen-bond acceptors (Lipinski definition) is 3. The predicted octanol–water partition coefficient (Wildman–Crippen LogP) is 5.84. The van der Waals surface area contributed by atoms with Crippen LogP contribution in [0.25, 0.3) is 0 Å². The molecule has 30 heavy (non-hydrogen) atoms. The van der Waals surface area contributed by atoms with Crippen molar-refractivity contribution in [1.82, 2.24) is 0 Å². The fourth-order valence-corrected chi connectivity index (χ4v) is 4.13. The van der Waals surface area contributed by atoms with Crippen LogP contribution in [-0.4, -0.2) is 34.5 Å². The largest absolute Gasteiger partial charge is 0.481 e. The molecule has 0 heterocycles. The van der Waals surface area contributed by atoms with Crippen molar-refractivity contribution in [2.45, 2.75) is 89.9 Å². The molecule has 0 aliphatic heterocycles. The van der Waals surface area contributed by atoms with Crippen LogP contribution in [-0.2, 0) is 14.4 Å². The van der Waals surface area contributed by atoms with Gasteiger partial charge in [0, 0.05) is 25.2 Å². The van der Waals surface area contributed by atoms with E-state index in [-0.39, 0.29) is 36.9 Å². The first-order chi connectivity index (χ1) is 13.9. The summed E-state index contributed by atoms with van der Waals surface area (Å²) < 4.78 is 54.3. The highest BCUT2D eigenvalue weighted by molar-refractivity contribution is 5.88. The number of allylic oxidation sites excluding steroid dienone is 2. The summed E-state index contributed by atoms with van der Waals surface area (Å²) in [6.07, 6.45) is -0.921. The number of alkyl halides is 4. The normalized spacial score (nSPS) is 24.3. The summed E-state index contributed by atoms with van der Waals surface area (Å²) in [4.78, 5) is 35.0. The Labute approximate surface area is 175 Å². The van der Waals surface area contributed by atoms with Gasteiger partial charge in [-0.05, 0) is 50.4 Å². The van der Waals surface area contributed by atoms with E-state index in [1.54, 1.807) is 19.1 Å². The zero-order chi connectivity index (χ0) is 22.9. The Balaban J connectivity index is 2.71. The summed E-state index contributed by atoms with van der Waals surface area (Å²) in [6, 6.07) is 0. The van der Waals surface area contributed by atoms with Crippen LogP contribution in [0.4, 0.5) is 17.6 Å². The lowest BCUT2D eigenvalue weighted by Gasteiger charge is -2.28. The van der Waals surface area contributed by atoms with Crippen LogP contribution in [0.1, 0.15) is 78.1 Å². The van der Waals surface area contributed by atoms with Crippen molar-refractivity contribution < 1.29 is 37.1 Å². The standard InChI is InChI=1S/C22H32F4O4/c1-3-4-13-21(23,22(24,25)26)19(28)12-11-16-15(2)14-18(27)17(16)9-7-5-6-8-10-20(29)30/h5,7,15-17H,3-4,6,8-14H2,1-2H3,(H,29,30)/t15-,16+,17-,21-/m1/s1. The Hall–Kier alpha value is -1.73. The van der Waals surface area contributed by atoms with Crippen LogP contribution in [0.5, 0.6) is 0 Å². The van der Waals surface area contributed by atoms with Crippen molar-refractivity contribution in [3.8, 4) is 0 Å². The number of carboxylic acids is 1. The maximum atomic E-state index is 14.6. The Bertz CT molecular complexity index is 629. The van der Waals surface area contributed by atoms with Gasteiger partial charge in [-0.25, -0.2) is 4.39 Å². The second kappa shape index (κ2) is 11.6. The van der Waals surface area contributed by atoms with E-state index in [9.17, 15) is 31.9 Å². The van der Waals surface area contributed by atoms with Crippen molar-refractivity contribution in [3.05, 3.63) is 12.2 Å². The molecular weight excluding hydrogens is 404 g/mol. The Morgan fingerprint density at radius 2 is 1.80 bits per heavy atom. The van der Waals surface area contributed by atoms with E-state index in [0.717, 1.165) is 0 Å². The molecule has 172 valence electrons. The molecule has 0 unspecified atom stereocenters. The average molecular weight is 436 g/mol. The van der Waals surface area contributed by atoms with Crippen LogP contribution in [0, 0.1) is 17.8 Å². The number of carbonyl (C=O) groups excluding carboxylic acids is 2. The molecule has 0 saturated heterocycles. The van der Waals surface area contributed by atoms with Gasteiger partial charge in [-0.1, -0.05) is 32.4 Å². The van der Waals surface area contributed by atoms with Gasteiger partial charge >= 0.3 is 12.1 Å². The van der Waals surface area contributed by atoms with E-state index >= 15 is 0 Å². The van der Waals surface area contributed by atoms with Crippen molar-refractivity contribution in [2.24, 2.45) is 17.8 Å². The summed E-state index contributed by atoms with van der Waals surface area (Å²) in [5, 5.41) is 8.61. The fraction of sp³-hybridized carbons (Fsp3) is 0.773. The number of rotatable bonds is 13. The molecule has 0 aromatic heterocycles. The van der Waals surface area contributed by atoms with E-state index in [2.05, 4.69) is 0 Å². The highest BCUT2D eigenvalue weighted by atomic mass is 19.4. The first kappa shape index (κ1) is 26.3. The highest BCUT2D eigenvalue weighted by Gasteiger charge is 2.60. The van der Waals surface area contributed by atoms with E-state index in [1.165, 1.54) is 0 Å². The van der Waals surface area contributed by atoms with Crippen LogP contribution >= 0.6 is 0 Å². The number of Topliss-reactive ketones (excluding diaryl/α,β-unsaturated/α-hetero) is 2. The van der Waals surface area contributed by atoms with Crippen molar-refractivity contribution in [1.29, 1.82) is 0 Å². The molecule has 0 aromatic carbocycles. The summed E-state index contributed by atoms with van der Waals surface area (Å²) in [5.74, 6) is -3.07. The molecule has 4 atom stereocenters. The molecule has 0 spiro atoms. The monoisotopic (exact) mass is 436 g/mol. The number of ketones is 2. The maximum Gasteiger partial charge on any atom is 0.429 e. The van der Waals surface area contributed by atoms with Gasteiger partial charge in [0.2, 0.25) is 0 Å². The minimum absolute atomic E-state index is 0.00320. The topological polar surface area (TPSA) is 71.4 Å². The van der Waals surface area contributed by atoms with Crippen LogP contribution in [0.3, 0.4) is 0 Å². The number of carboxylic acid groups (broad SMARTS) is 1. The third kappa shape index (κ3) is 7.20. The van der Waals surface area contributed by atoms with E-state index in [0.29, 0.717) is 32.1 Å². The predicted molar refractivity (Wildman–Crippen MR) is 105 cm³/mol. The van der Waals surface area contributed by atoms with Gasteiger partial charge in [-0.3, -0.25) is 14.4 Å². The minimum atomic E-state index is -5.24. The van der Waals surface area contributed by atoms with Gasteiger partial charge in [0.1, 0.15) is 5.78 Å². The molecule has 0 radical (unpaired) electrons. The summed E-state index contributed by atoms with van der Waals surface area (Å²) in [5.41, 5.74) is -3.82. The summed E-state index contributed by atoms with van der Waals surface area (Å²) >= 11 is 0. The molecule has 0 aromatic rings. The number of aliphatic carboxylic acids is 1. The van der Waals surface area contributed by atoms with Gasteiger partial charge in [-0.2, -0.15) is 13.2 Å². The van der Waals surface area contributed by atoms with Crippen LogP contribution in [0.2, 0.25) is 0 Å². The van der Waals surface area contributed by atoms with E-state index in [4.69, 9.17) is 5.11 Å². The number of halogens is 4. The van der Waals surface area contributed by atoms with Gasteiger partial charge in [0.25, 0.3) is 5.67 Å². The molecule has 0 bridgehead atoms. The Morgan fingerprint density at radius 3 is 2.37 bits per heavy atom. The molecule has 1 N–H and O–H groups in total. The second-order valence-corrected chi connectivity index (χ2v) is 8.28. The van der Waals surface area contributed by atoms with Crippen LogP contribution in [0.15, 0.2) is 12.2 Å². The molecule has 1 saturated carbocycles. The lowest BCUT2D eigenvalue weighted by atomic mass is 9.81. The average Bonchev–Trinajstić information content (AvgIpc) is 2.91. The van der Waals surface area contributed by atoms with Gasteiger partial charge in [-0.15, -0.1) is 0 Å². The quantitative estimate of drug-likeness (QED) is 0.224. The molecule has 1 fully saturated rings. The molecular formula is C22H32F4O4. The van der Waals surface area contributed by atoms with Crippen molar-refractivity contribution >= 4 is 17.5 Å². The number of unbranched alkanes of at least 4 members (excludes halogenated alkanes) is 2. The zero-order valence-corrected chi connectivity index (χ0v) is 17.6. The third-order valence-electron chi connectivity index (χ3n) is 5.97. The molecule has 1 aliphatic rings. The molecule has 8 heteroatoms. The van der Waals surface area contributed by atoms with Crippen LogP contribution < -0.4 is 0 Å².